The van der Waals surface area contributed by atoms with Crippen molar-refractivity contribution in [1.82, 2.24) is 9.13 Å². The number of rotatable bonds is 5. The molecule has 0 aliphatic heterocycles. The van der Waals surface area contributed by atoms with Crippen LogP contribution in [0.4, 0.5) is 0 Å². The van der Waals surface area contributed by atoms with Gasteiger partial charge in [-0.1, -0.05) is 152 Å². The average molecular weight is 715 g/mol. The Labute approximate surface area is 325 Å². The van der Waals surface area contributed by atoms with Crippen LogP contribution in [-0.2, 0) is 10.8 Å². The summed E-state index contributed by atoms with van der Waals surface area (Å²) in [5.74, 6) is 0.239. The number of fused-ring (bicyclic) bond motifs is 6. The van der Waals surface area contributed by atoms with E-state index in [1.165, 1.54) is 88.2 Å². The van der Waals surface area contributed by atoms with Crippen molar-refractivity contribution < 1.29 is 0 Å². The SMILES string of the molecule is CC(C)c1c(-n2c3ccc(C(C)(C)C)cc3c3cc(C(C)(C)C)ccc32)ccc2c3ccccc3n(-c3cc(-c4ccccc4)cc(-c4ccccc4)c3)c12. The second-order valence-electron chi connectivity index (χ2n) is 17.7. The van der Waals surface area contributed by atoms with Crippen LogP contribution in [0.5, 0.6) is 0 Å². The van der Waals surface area contributed by atoms with Crippen LogP contribution in [0.15, 0.2) is 152 Å². The second kappa shape index (κ2) is 12.9. The van der Waals surface area contributed by atoms with E-state index in [2.05, 4.69) is 216 Å². The maximum absolute atomic E-state index is 2.55. The maximum atomic E-state index is 2.55. The van der Waals surface area contributed by atoms with Gasteiger partial charge in [0, 0.05) is 32.8 Å². The van der Waals surface area contributed by atoms with Gasteiger partial charge in [-0.15, -0.1) is 0 Å². The molecule has 7 aromatic carbocycles. The highest BCUT2D eigenvalue weighted by Crippen LogP contribution is 2.44. The Bertz CT molecular complexity index is 2760. The van der Waals surface area contributed by atoms with Crippen molar-refractivity contribution in [1.29, 1.82) is 0 Å². The minimum Gasteiger partial charge on any atom is -0.309 e. The lowest BCUT2D eigenvalue weighted by Crippen LogP contribution is -2.10. The van der Waals surface area contributed by atoms with Gasteiger partial charge in [-0.05, 0) is 105 Å². The molecule has 2 nitrogen and oxygen atoms in total. The highest BCUT2D eigenvalue weighted by atomic mass is 15.0. The summed E-state index contributed by atoms with van der Waals surface area (Å²) in [5.41, 5.74) is 16.3. The first-order valence-corrected chi connectivity index (χ1v) is 19.8. The summed E-state index contributed by atoms with van der Waals surface area (Å²) in [6, 6.07) is 56.7. The molecule has 0 amide bonds. The lowest BCUT2D eigenvalue weighted by atomic mass is 9.85. The molecular weight excluding hydrogens is 665 g/mol. The zero-order valence-corrected chi connectivity index (χ0v) is 33.4. The Morgan fingerprint density at radius 1 is 0.400 bits per heavy atom. The topological polar surface area (TPSA) is 9.86 Å². The summed E-state index contributed by atoms with van der Waals surface area (Å²) in [7, 11) is 0. The molecule has 2 heterocycles. The van der Waals surface area contributed by atoms with Gasteiger partial charge < -0.3 is 9.13 Å². The molecule has 0 N–H and O–H groups in total. The normalized spacial score (nSPS) is 12.5. The van der Waals surface area contributed by atoms with Crippen LogP contribution < -0.4 is 0 Å². The summed E-state index contributed by atoms with van der Waals surface area (Å²) in [6.07, 6.45) is 0. The lowest BCUT2D eigenvalue weighted by molar-refractivity contribution is 0.590. The summed E-state index contributed by atoms with van der Waals surface area (Å²) in [4.78, 5) is 0. The molecule has 0 saturated carbocycles. The molecule has 0 unspecified atom stereocenters. The molecule has 0 saturated heterocycles. The van der Waals surface area contributed by atoms with Gasteiger partial charge in [-0.3, -0.25) is 0 Å². The number of aromatic nitrogens is 2. The Hall–Kier alpha value is -5.86. The van der Waals surface area contributed by atoms with Gasteiger partial charge in [0.2, 0.25) is 0 Å². The molecule has 55 heavy (non-hydrogen) atoms. The van der Waals surface area contributed by atoms with Crippen LogP contribution in [0.25, 0.3) is 77.2 Å². The molecule has 9 rings (SSSR count). The second-order valence-corrected chi connectivity index (χ2v) is 17.7. The predicted octanol–water partition coefficient (Wildman–Crippen LogP) is 14.9. The van der Waals surface area contributed by atoms with Gasteiger partial charge in [-0.25, -0.2) is 0 Å². The van der Waals surface area contributed by atoms with Crippen molar-refractivity contribution in [2.24, 2.45) is 0 Å². The summed E-state index contributed by atoms with van der Waals surface area (Å²) in [6.45, 7) is 18.6. The Balaban J connectivity index is 1.41. The fourth-order valence-electron chi connectivity index (χ4n) is 8.66. The highest BCUT2D eigenvalue weighted by Gasteiger charge is 2.25. The van der Waals surface area contributed by atoms with Crippen molar-refractivity contribution in [3.63, 3.8) is 0 Å². The third-order valence-corrected chi connectivity index (χ3v) is 11.6. The smallest absolute Gasteiger partial charge is 0.0596 e. The van der Waals surface area contributed by atoms with Crippen LogP contribution in [0, 0.1) is 0 Å². The van der Waals surface area contributed by atoms with Crippen LogP contribution in [-0.4, -0.2) is 9.13 Å². The molecule has 2 heteroatoms. The molecule has 0 fully saturated rings. The highest BCUT2D eigenvalue weighted by molar-refractivity contribution is 6.13. The monoisotopic (exact) mass is 714 g/mol. The fraction of sp³-hybridized carbons (Fsp3) is 0.208. The first-order chi connectivity index (χ1) is 26.4. The van der Waals surface area contributed by atoms with E-state index in [-0.39, 0.29) is 16.7 Å². The van der Waals surface area contributed by atoms with Crippen molar-refractivity contribution in [3.05, 3.63) is 168 Å². The van der Waals surface area contributed by atoms with Crippen LogP contribution in [0.3, 0.4) is 0 Å². The summed E-state index contributed by atoms with van der Waals surface area (Å²) >= 11 is 0. The minimum absolute atomic E-state index is 0.0417. The summed E-state index contributed by atoms with van der Waals surface area (Å²) < 4.78 is 5.10. The Morgan fingerprint density at radius 3 is 1.40 bits per heavy atom. The third kappa shape index (κ3) is 5.87. The van der Waals surface area contributed by atoms with Crippen molar-refractivity contribution in [3.8, 4) is 33.6 Å². The van der Waals surface area contributed by atoms with Gasteiger partial charge in [0.15, 0.2) is 0 Å². The molecule has 9 aromatic rings. The first kappa shape index (κ1) is 34.9. The quantitative estimate of drug-likeness (QED) is 0.168. The van der Waals surface area contributed by atoms with E-state index in [1.54, 1.807) is 0 Å². The molecule has 0 spiro atoms. The maximum Gasteiger partial charge on any atom is 0.0596 e. The van der Waals surface area contributed by atoms with Gasteiger partial charge >= 0.3 is 0 Å². The van der Waals surface area contributed by atoms with Crippen LogP contribution >= 0.6 is 0 Å². The van der Waals surface area contributed by atoms with E-state index in [9.17, 15) is 0 Å². The van der Waals surface area contributed by atoms with Gasteiger partial charge in [0.1, 0.15) is 0 Å². The van der Waals surface area contributed by atoms with E-state index in [0.717, 1.165) is 5.69 Å². The number of para-hydroxylation sites is 1. The zero-order valence-electron chi connectivity index (χ0n) is 33.4. The molecule has 0 bridgehead atoms. The van der Waals surface area contributed by atoms with E-state index < -0.39 is 0 Å². The minimum atomic E-state index is 0.0417. The largest absolute Gasteiger partial charge is 0.309 e. The number of hydrogen-bond donors (Lipinski definition) is 0. The molecule has 272 valence electrons. The van der Waals surface area contributed by atoms with Crippen LogP contribution in [0.2, 0.25) is 0 Å². The standard InChI is InChI=1S/C53H50N2/c1-34(2)50-49(55-47-26-23-39(52(3,4)5)32-44(47)45-33-40(53(6,7)8)24-27-48(45)55)28-25-43-42-21-15-16-22-46(42)54(51(43)50)41-30-37(35-17-11-9-12-18-35)29-38(31-41)36-19-13-10-14-20-36/h9-34H,1-8H3. The van der Waals surface area contributed by atoms with Gasteiger partial charge in [0.05, 0.1) is 27.8 Å². The third-order valence-electron chi connectivity index (χ3n) is 11.6. The van der Waals surface area contributed by atoms with Crippen LogP contribution in [0.1, 0.15) is 78.0 Å². The summed E-state index contributed by atoms with van der Waals surface area (Å²) in [5, 5.41) is 5.17. The van der Waals surface area contributed by atoms with E-state index >= 15 is 0 Å². The van der Waals surface area contributed by atoms with E-state index in [4.69, 9.17) is 0 Å². The van der Waals surface area contributed by atoms with Gasteiger partial charge in [-0.2, -0.15) is 0 Å². The molecular formula is C53H50N2. The van der Waals surface area contributed by atoms with Gasteiger partial charge in [0.25, 0.3) is 0 Å². The molecule has 0 aliphatic rings. The molecule has 0 atom stereocenters. The average Bonchev–Trinajstić information content (AvgIpc) is 3.69. The molecule has 2 aromatic heterocycles. The van der Waals surface area contributed by atoms with E-state index in [1.807, 2.05) is 0 Å². The Morgan fingerprint density at radius 2 is 0.891 bits per heavy atom. The first-order valence-electron chi connectivity index (χ1n) is 19.8. The van der Waals surface area contributed by atoms with Crippen molar-refractivity contribution >= 4 is 43.6 Å². The predicted molar refractivity (Wildman–Crippen MR) is 237 cm³/mol. The van der Waals surface area contributed by atoms with E-state index in [0.29, 0.717) is 0 Å². The zero-order chi connectivity index (χ0) is 38.2. The fourth-order valence-corrected chi connectivity index (χ4v) is 8.66. The number of nitrogens with zero attached hydrogens (tertiary/aromatic N) is 2. The number of benzene rings is 7. The van der Waals surface area contributed by atoms with Crippen molar-refractivity contribution in [2.45, 2.75) is 72.1 Å². The number of hydrogen-bond acceptors (Lipinski definition) is 0. The molecule has 0 aliphatic carbocycles. The van der Waals surface area contributed by atoms with Crippen molar-refractivity contribution in [2.75, 3.05) is 0 Å². The molecule has 0 radical (unpaired) electrons. The lowest BCUT2D eigenvalue weighted by Gasteiger charge is -2.22. The Kier molecular flexibility index (Phi) is 8.17.